The minimum Gasteiger partial charge on any atom is -0.300 e. The molecule has 5 heteroatoms. The van der Waals surface area contributed by atoms with Gasteiger partial charge in [0.1, 0.15) is 10.4 Å². The molecule has 14 heavy (non-hydrogen) atoms. The third kappa shape index (κ3) is 1.63. The Labute approximate surface area is 87.3 Å². The molecule has 0 aliphatic carbocycles. The summed E-state index contributed by atoms with van der Waals surface area (Å²) >= 11 is 3.14. The summed E-state index contributed by atoms with van der Waals surface area (Å²) in [6.07, 6.45) is 1.59. The zero-order chi connectivity index (χ0) is 10.1. The Hall–Kier alpha value is -1.36. The van der Waals surface area contributed by atoms with Crippen molar-refractivity contribution in [3.63, 3.8) is 0 Å². The molecule has 3 nitrogen and oxygen atoms in total. The average molecular weight is 257 g/mol. The van der Waals surface area contributed by atoms with Crippen LogP contribution in [0.15, 0.2) is 39.9 Å². The molecule has 0 unspecified atom stereocenters. The molecule has 1 heterocycles. The van der Waals surface area contributed by atoms with Crippen LogP contribution in [0.25, 0.3) is 5.69 Å². The van der Waals surface area contributed by atoms with E-state index in [1.807, 2.05) is 0 Å². The van der Waals surface area contributed by atoms with Crippen LogP contribution < -0.4 is 5.69 Å². The average Bonchev–Trinajstić information content (AvgIpc) is 2.47. The van der Waals surface area contributed by atoms with Crippen molar-refractivity contribution in [3.05, 3.63) is 51.4 Å². The van der Waals surface area contributed by atoms with Gasteiger partial charge in [-0.1, -0.05) is 0 Å². The van der Waals surface area contributed by atoms with Gasteiger partial charge in [-0.3, -0.25) is 9.55 Å². The van der Waals surface area contributed by atoms with Crippen LogP contribution in [0.2, 0.25) is 0 Å². The normalized spacial score (nSPS) is 10.4. The molecule has 2 rings (SSSR count). The van der Waals surface area contributed by atoms with Crippen LogP contribution >= 0.6 is 15.9 Å². The number of hydrogen-bond donors (Lipinski definition) is 1. The lowest BCUT2D eigenvalue weighted by molar-refractivity contribution is 0.627. The van der Waals surface area contributed by atoms with Crippen molar-refractivity contribution in [1.82, 2.24) is 9.55 Å². The van der Waals surface area contributed by atoms with Gasteiger partial charge in [0.15, 0.2) is 0 Å². The molecule has 0 amide bonds. The Morgan fingerprint density at radius 1 is 1.29 bits per heavy atom. The van der Waals surface area contributed by atoms with Gasteiger partial charge in [0.05, 0.1) is 5.69 Å². The first-order chi connectivity index (χ1) is 6.66. The second-order valence-electron chi connectivity index (χ2n) is 2.75. The van der Waals surface area contributed by atoms with Gasteiger partial charge in [0.25, 0.3) is 0 Å². The SMILES string of the molecule is O=c1[nH]c(Br)cn1-c1ccc(F)cc1. The fraction of sp³-hybridized carbons (Fsp3) is 0. The van der Waals surface area contributed by atoms with Crippen LogP contribution in [0, 0.1) is 5.82 Å². The number of imidazole rings is 1. The van der Waals surface area contributed by atoms with E-state index >= 15 is 0 Å². The number of halogens is 2. The Kier molecular flexibility index (Phi) is 2.25. The van der Waals surface area contributed by atoms with Gasteiger partial charge in [-0.05, 0) is 40.2 Å². The summed E-state index contributed by atoms with van der Waals surface area (Å²) in [5.41, 5.74) is 0.363. The van der Waals surface area contributed by atoms with Gasteiger partial charge >= 0.3 is 5.69 Å². The summed E-state index contributed by atoms with van der Waals surface area (Å²) in [6.45, 7) is 0. The maximum Gasteiger partial charge on any atom is 0.330 e. The molecule has 1 aromatic heterocycles. The second-order valence-corrected chi connectivity index (χ2v) is 3.61. The van der Waals surface area contributed by atoms with Gasteiger partial charge in [0, 0.05) is 6.20 Å². The maximum absolute atomic E-state index is 12.6. The molecule has 0 atom stereocenters. The second kappa shape index (κ2) is 3.42. The van der Waals surface area contributed by atoms with E-state index in [9.17, 15) is 9.18 Å². The molecule has 0 saturated carbocycles. The molecular weight excluding hydrogens is 251 g/mol. The highest BCUT2D eigenvalue weighted by Crippen LogP contribution is 2.09. The monoisotopic (exact) mass is 256 g/mol. The van der Waals surface area contributed by atoms with Crippen molar-refractivity contribution in [2.75, 3.05) is 0 Å². The summed E-state index contributed by atoms with van der Waals surface area (Å²) in [6, 6.07) is 5.69. The predicted molar refractivity (Wildman–Crippen MR) is 54.0 cm³/mol. The minimum absolute atomic E-state index is 0.261. The zero-order valence-corrected chi connectivity index (χ0v) is 8.58. The molecule has 0 spiro atoms. The zero-order valence-electron chi connectivity index (χ0n) is 7.00. The van der Waals surface area contributed by atoms with Gasteiger partial charge in [-0.2, -0.15) is 0 Å². The number of aromatic nitrogens is 2. The fourth-order valence-corrected chi connectivity index (χ4v) is 1.53. The van der Waals surface area contributed by atoms with Crippen LogP contribution in [-0.2, 0) is 0 Å². The van der Waals surface area contributed by atoms with E-state index in [1.54, 1.807) is 6.20 Å². The number of benzene rings is 1. The first-order valence-corrected chi connectivity index (χ1v) is 4.69. The Morgan fingerprint density at radius 2 is 1.93 bits per heavy atom. The number of aromatic amines is 1. The first-order valence-electron chi connectivity index (χ1n) is 3.90. The highest BCUT2D eigenvalue weighted by Gasteiger charge is 2.02. The highest BCUT2D eigenvalue weighted by molar-refractivity contribution is 9.10. The quantitative estimate of drug-likeness (QED) is 0.834. The number of rotatable bonds is 1. The fourth-order valence-electron chi connectivity index (χ4n) is 1.16. The number of nitrogens with zero attached hydrogens (tertiary/aromatic N) is 1. The third-order valence-corrected chi connectivity index (χ3v) is 2.20. The van der Waals surface area contributed by atoms with E-state index in [1.165, 1.54) is 28.8 Å². The lowest BCUT2D eigenvalue weighted by atomic mass is 10.3. The van der Waals surface area contributed by atoms with Gasteiger partial charge in [-0.25, -0.2) is 9.18 Å². The summed E-state index contributed by atoms with van der Waals surface area (Å²) in [7, 11) is 0. The summed E-state index contributed by atoms with van der Waals surface area (Å²) < 4.78 is 14.6. The van der Waals surface area contributed by atoms with Gasteiger partial charge in [0.2, 0.25) is 0 Å². The minimum atomic E-state index is -0.323. The number of hydrogen-bond acceptors (Lipinski definition) is 1. The predicted octanol–water partition coefficient (Wildman–Crippen LogP) is 2.07. The first kappa shape index (κ1) is 9.21. The van der Waals surface area contributed by atoms with E-state index in [0.29, 0.717) is 10.3 Å². The van der Waals surface area contributed by atoms with E-state index < -0.39 is 0 Å². The van der Waals surface area contributed by atoms with E-state index in [-0.39, 0.29) is 11.5 Å². The Morgan fingerprint density at radius 3 is 2.43 bits per heavy atom. The van der Waals surface area contributed by atoms with E-state index in [2.05, 4.69) is 20.9 Å². The molecule has 1 N–H and O–H groups in total. The third-order valence-electron chi connectivity index (χ3n) is 1.79. The maximum atomic E-state index is 12.6. The van der Waals surface area contributed by atoms with Crippen molar-refractivity contribution in [3.8, 4) is 5.69 Å². The summed E-state index contributed by atoms with van der Waals surface area (Å²) in [4.78, 5) is 13.9. The van der Waals surface area contributed by atoms with Crippen LogP contribution in [0.1, 0.15) is 0 Å². The molecule has 0 saturated heterocycles. The van der Waals surface area contributed by atoms with Crippen molar-refractivity contribution in [2.45, 2.75) is 0 Å². The summed E-state index contributed by atoms with van der Waals surface area (Å²) in [5.74, 6) is -0.323. The lowest BCUT2D eigenvalue weighted by Crippen LogP contribution is -2.13. The molecule has 0 radical (unpaired) electrons. The lowest BCUT2D eigenvalue weighted by Gasteiger charge is -1.98. The van der Waals surface area contributed by atoms with Crippen molar-refractivity contribution < 1.29 is 4.39 Å². The van der Waals surface area contributed by atoms with E-state index in [0.717, 1.165) is 0 Å². The number of nitrogens with one attached hydrogen (secondary N) is 1. The Bertz CT molecular complexity index is 500. The highest BCUT2D eigenvalue weighted by atomic mass is 79.9. The topological polar surface area (TPSA) is 37.8 Å². The molecular formula is C9H6BrFN2O. The molecule has 0 fully saturated rings. The van der Waals surface area contributed by atoms with E-state index in [4.69, 9.17) is 0 Å². The van der Waals surface area contributed by atoms with Crippen LogP contribution in [0.5, 0.6) is 0 Å². The smallest absolute Gasteiger partial charge is 0.300 e. The van der Waals surface area contributed by atoms with Crippen molar-refractivity contribution in [2.24, 2.45) is 0 Å². The molecule has 2 aromatic rings. The van der Waals surface area contributed by atoms with Gasteiger partial charge < -0.3 is 0 Å². The van der Waals surface area contributed by atoms with Crippen LogP contribution in [-0.4, -0.2) is 9.55 Å². The molecule has 0 aliphatic rings. The molecule has 0 aliphatic heterocycles. The summed E-state index contributed by atoms with van der Waals surface area (Å²) in [5, 5.41) is 0. The molecule has 0 bridgehead atoms. The van der Waals surface area contributed by atoms with Crippen LogP contribution in [0.3, 0.4) is 0 Å². The van der Waals surface area contributed by atoms with Crippen LogP contribution in [0.4, 0.5) is 4.39 Å². The Balaban J connectivity index is 2.54. The van der Waals surface area contributed by atoms with Gasteiger partial charge in [-0.15, -0.1) is 0 Å². The van der Waals surface area contributed by atoms with Crippen molar-refractivity contribution >= 4 is 15.9 Å². The standard InChI is InChI=1S/C9H6BrFN2O/c10-8-5-13(9(14)12-8)7-3-1-6(11)2-4-7/h1-5H,(H,12,14). The molecule has 72 valence electrons. The molecule has 1 aromatic carbocycles. The van der Waals surface area contributed by atoms with Crippen molar-refractivity contribution in [1.29, 1.82) is 0 Å². The number of H-pyrrole nitrogens is 1. The largest absolute Gasteiger partial charge is 0.330 e.